The van der Waals surface area contributed by atoms with Crippen LogP contribution in [0.1, 0.15) is 13.3 Å². The Labute approximate surface area is 103 Å². The number of hydrogen-bond donors (Lipinski definition) is 0. The molecule has 2 aliphatic heterocycles. The largest absolute Gasteiger partial charge is 0.291 e. The molecule has 1 atom stereocenters. The number of amidine groups is 1. The number of carbonyl (C=O) groups is 2. The zero-order valence-electron chi connectivity index (χ0n) is 9.14. The van der Waals surface area contributed by atoms with Crippen LogP contribution < -0.4 is 0 Å². The second kappa shape index (κ2) is 5.23. The van der Waals surface area contributed by atoms with Crippen molar-refractivity contribution in [2.45, 2.75) is 13.3 Å². The highest BCUT2D eigenvalue weighted by Gasteiger charge is 2.33. The van der Waals surface area contributed by atoms with Gasteiger partial charge in [0.1, 0.15) is 0 Å². The molecule has 0 aromatic rings. The lowest BCUT2D eigenvalue weighted by atomic mass is 10.1. The second-order valence-corrected chi connectivity index (χ2v) is 6.15. The lowest BCUT2D eigenvalue weighted by Gasteiger charge is -2.14. The summed E-state index contributed by atoms with van der Waals surface area (Å²) < 4.78 is 0. The van der Waals surface area contributed by atoms with Gasteiger partial charge in [-0.3, -0.25) is 19.5 Å². The van der Waals surface area contributed by atoms with E-state index in [1.54, 1.807) is 23.6 Å². The van der Waals surface area contributed by atoms with Gasteiger partial charge >= 0.3 is 0 Å². The Morgan fingerprint density at radius 3 is 3.12 bits per heavy atom. The molecule has 2 aliphatic rings. The summed E-state index contributed by atoms with van der Waals surface area (Å²) >= 11 is 2.96. The summed E-state index contributed by atoms with van der Waals surface area (Å²) in [5.41, 5.74) is 0. The fourth-order valence-corrected chi connectivity index (χ4v) is 3.37. The molecule has 6 heteroatoms. The molecule has 4 nitrogen and oxygen atoms in total. The number of nitrogens with zero attached hydrogens (tertiary/aromatic N) is 2. The summed E-state index contributed by atoms with van der Waals surface area (Å²) in [6.45, 7) is 3.11. The number of rotatable bonds is 2. The number of aliphatic imine (C=N–C) groups is 1. The summed E-state index contributed by atoms with van der Waals surface area (Å²) in [4.78, 5) is 28.7. The van der Waals surface area contributed by atoms with Gasteiger partial charge in [0.15, 0.2) is 10.3 Å². The van der Waals surface area contributed by atoms with Crippen LogP contribution in [0.5, 0.6) is 0 Å². The molecular weight excluding hydrogens is 244 g/mol. The Bertz CT molecular complexity index is 344. The SMILES string of the molecule is CC(=O)SCC1CC(=O)N(C2=NCCS2)C1. The van der Waals surface area contributed by atoms with Crippen LogP contribution in [-0.4, -0.2) is 45.7 Å². The quantitative estimate of drug-likeness (QED) is 0.747. The fraction of sp³-hybridized carbons (Fsp3) is 0.700. The van der Waals surface area contributed by atoms with Gasteiger partial charge in [0.25, 0.3) is 0 Å². The molecule has 2 rings (SSSR count). The molecule has 88 valence electrons. The minimum absolute atomic E-state index is 0.124. The lowest BCUT2D eigenvalue weighted by molar-refractivity contribution is -0.124. The van der Waals surface area contributed by atoms with E-state index in [1.165, 1.54) is 11.8 Å². The minimum Gasteiger partial charge on any atom is -0.291 e. The molecule has 0 aromatic carbocycles. The Hall–Kier alpha value is -0.490. The van der Waals surface area contributed by atoms with E-state index < -0.39 is 0 Å². The minimum atomic E-state index is 0.124. The van der Waals surface area contributed by atoms with Crippen molar-refractivity contribution in [1.29, 1.82) is 0 Å². The van der Waals surface area contributed by atoms with E-state index in [0.29, 0.717) is 12.3 Å². The van der Waals surface area contributed by atoms with Gasteiger partial charge in [0.2, 0.25) is 5.91 Å². The van der Waals surface area contributed by atoms with Crippen molar-refractivity contribution in [1.82, 2.24) is 4.90 Å². The Balaban J connectivity index is 1.88. The third kappa shape index (κ3) is 2.79. The molecular formula is C10H14N2O2S2. The first-order valence-electron chi connectivity index (χ1n) is 5.28. The Morgan fingerprint density at radius 2 is 2.50 bits per heavy atom. The van der Waals surface area contributed by atoms with Gasteiger partial charge in [-0.15, -0.1) is 0 Å². The first-order chi connectivity index (χ1) is 7.66. The van der Waals surface area contributed by atoms with E-state index in [-0.39, 0.29) is 11.0 Å². The maximum absolute atomic E-state index is 11.8. The first kappa shape index (κ1) is 12.0. The summed E-state index contributed by atoms with van der Waals surface area (Å²) in [5, 5.41) is 0.999. The van der Waals surface area contributed by atoms with Crippen LogP contribution in [0, 0.1) is 5.92 Å². The molecule has 0 saturated carbocycles. The highest BCUT2D eigenvalue weighted by molar-refractivity contribution is 8.14. The molecule has 0 spiro atoms. The van der Waals surface area contributed by atoms with Gasteiger partial charge in [-0.1, -0.05) is 23.5 Å². The van der Waals surface area contributed by atoms with Crippen LogP contribution in [0.3, 0.4) is 0 Å². The van der Waals surface area contributed by atoms with Gasteiger partial charge < -0.3 is 0 Å². The Morgan fingerprint density at radius 1 is 1.69 bits per heavy atom. The van der Waals surface area contributed by atoms with Crippen molar-refractivity contribution in [3.63, 3.8) is 0 Å². The van der Waals surface area contributed by atoms with E-state index >= 15 is 0 Å². The van der Waals surface area contributed by atoms with Crippen molar-refractivity contribution < 1.29 is 9.59 Å². The van der Waals surface area contributed by atoms with E-state index in [4.69, 9.17) is 0 Å². The third-order valence-electron chi connectivity index (χ3n) is 2.53. The zero-order chi connectivity index (χ0) is 11.5. The molecule has 2 heterocycles. The number of carbonyl (C=O) groups excluding carboxylic acids is 2. The highest BCUT2D eigenvalue weighted by Crippen LogP contribution is 2.26. The fourth-order valence-electron chi connectivity index (χ4n) is 1.80. The van der Waals surface area contributed by atoms with Crippen LogP contribution in [0.15, 0.2) is 4.99 Å². The van der Waals surface area contributed by atoms with Crippen molar-refractivity contribution in [2.24, 2.45) is 10.9 Å². The average molecular weight is 258 g/mol. The van der Waals surface area contributed by atoms with Gasteiger partial charge in [-0.25, -0.2) is 0 Å². The third-order valence-corrected chi connectivity index (χ3v) is 4.57. The predicted molar refractivity (Wildman–Crippen MR) is 67.7 cm³/mol. The first-order valence-corrected chi connectivity index (χ1v) is 7.25. The molecule has 1 fully saturated rings. The van der Waals surface area contributed by atoms with Gasteiger partial charge in [-0.05, 0) is 5.92 Å². The average Bonchev–Trinajstić information content (AvgIpc) is 2.83. The molecule has 16 heavy (non-hydrogen) atoms. The standard InChI is InChI=1S/C10H14N2O2S2/c1-7(13)16-6-8-4-9(14)12(5-8)10-11-2-3-15-10/h8H,2-6H2,1H3. The molecule has 1 saturated heterocycles. The summed E-state index contributed by atoms with van der Waals surface area (Å²) in [7, 11) is 0. The summed E-state index contributed by atoms with van der Waals surface area (Å²) in [6.07, 6.45) is 0.555. The van der Waals surface area contributed by atoms with Crippen molar-refractivity contribution in [3.05, 3.63) is 0 Å². The number of thioether (sulfide) groups is 2. The van der Waals surface area contributed by atoms with Crippen molar-refractivity contribution in [3.8, 4) is 0 Å². The lowest BCUT2D eigenvalue weighted by Crippen LogP contribution is -2.29. The molecule has 0 aromatic heterocycles. The van der Waals surface area contributed by atoms with Gasteiger partial charge in [0, 0.05) is 31.4 Å². The van der Waals surface area contributed by atoms with Crippen molar-refractivity contribution in [2.75, 3.05) is 24.6 Å². The van der Waals surface area contributed by atoms with E-state index in [1.807, 2.05) is 0 Å². The number of likely N-dealkylation sites (tertiary alicyclic amines) is 1. The molecule has 0 aliphatic carbocycles. The van der Waals surface area contributed by atoms with Crippen LogP contribution >= 0.6 is 23.5 Å². The van der Waals surface area contributed by atoms with Crippen LogP contribution in [0.25, 0.3) is 0 Å². The van der Waals surface area contributed by atoms with Crippen LogP contribution in [0.2, 0.25) is 0 Å². The van der Waals surface area contributed by atoms with Gasteiger partial charge in [-0.2, -0.15) is 0 Å². The van der Waals surface area contributed by atoms with E-state index in [9.17, 15) is 9.59 Å². The summed E-state index contributed by atoms with van der Waals surface area (Å²) in [5.74, 6) is 2.18. The van der Waals surface area contributed by atoms with Crippen molar-refractivity contribution >= 4 is 39.7 Å². The molecule has 1 amide bonds. The topological polar surface area (TPSA) is 49.7 Å². The normalized spacial score (nSPS) is 25.1. The maximum Gasteiger partial charge on any atom is 0.228 e. The highest BCUT2D eigenvalue weighted by atomic mass is 32.2. The van der Waals surface area contributed by atoms with E-state index in [2.05, 4.69) is 4.99 Å². The zero-order valence-corrected chi connectivity index (χ0v) is 10.8. The predicted octanol–water partition coefficient (Wildman–Crippen LogP) is 1.22. The molecule has 0 N–H and O–H groups in total. The molecule has 0 bridgehead atoms. The molecule has 1 unspecified atom stereocenters. The monoisotopic (exact) mass is 258 g/mol. The number of amides is 1. The smallest absolute Gasteiger partial charge is 0.228 e. The van der Waals surface area contributed by atoms with Crippen LogP contribution in [-0.2, 0) is 9.59 Å². The maximum atomic E-state index is 11.8. The second-order valence-electron chi connectivity index (χ2n) is 3.89. The van der Waals surface area contributed by atoms with E-state index in [0.717, 1.165) is 29.8 Å². The Kier molecular flexibility index (Phi) is 3.91. The summed E-state index contributed by atoms with van der Waals surface area (Å²) in [6, 6.07) is 0. The molecule has 0 radical (unpaired) electrons. The van der Waals surface area contributed by atoms with Crippen LogP contribution in [0.4, 0.5) is 0 Å². The van der Waals surface area contributed by atoms with Gasteiger partial charge in [0.05, 0.1) is 6.54 Å². The number of hydrogen-bond acceptors (Lipinski definition) is 5.